The summed E-state index contributed by atoms with van der Waals surface area (Å²) in [6, 6.07) is 9.22. The first-order valence-electron chi connectivity index (χ1n) is 8.95. The Balaban J connectivity index is 2.21. The van der Waals surface area contributed by atoms with E-state index in [1.54, 1.807) is 23.6 Å². The van der Waals surface area contributed by atoms with Crippen LogP contribution in [-0.4, -0.2) is 28.3 Å². The highest BCUT2D eigenvalue weighted by Gasteiger charge is 2.43. The number of benzene rings is 1. The monoisotopic (exact) mass is 415 g/mol. The first-order chi connectivity index (χ1) is 14.1. The summed E-state index contributed by atoms with van der Waals surface area (Å²) in [6.07, 6.45) is 0.0340. The Morgan fingerprint density at radius 2 is 1.80 bits per heavy atom. The summed E-state index contributed by atoms with van der Waals surface area (Å²) in [7, 11) is 0. The molecule has 1 aliphatic rings. The average molecular weight is 415 g/mol. The van der Waals surface area contributed by atoms with Crippen LogP contribution in [0.3, 0.4) is 0 Å². The van der Waals surface area contributed by atoms with Gasteiger partial charge in [0.1, 0.15) is 6.10 Å². The van der Waals surface area contributed by atoms with Crippen LogP contribution < -0.4 is 11.5 Å². The molecule has 1 aliphatic carbocycles. The molecule has 156 valence electrons. The van der Waals surface area contributed by atoms with Crippen LogP contribution in [0.25, 0.3) is 6.08 Å². The minimum Gasteiger partial charge on any atom is -0.363 e. The Labute approximate surface area is 170 Å². The topological polar surface area (TPSA) is 117 Å². The number of ketones is 1. The molecule has 9 heteroatoms. The number of rotatable bonds is 7. The average Bonchev–Trinajstić information content (AvgIpc) is 2.82. The van der Waals surface area contributed by atoms with Crippen molar-refractivity contribution in [3.8, 4) is 0 Å². The zero-order valence-electron chi connectivity index (χ0n) is 16.0. The van der Waals surface area contributed by atoms with E-state index in [9.17, 15) is 23.2 Å². The van der Waals surface area contributed by atoms with Crippen molar-refractivity contribution in [2.75, 3.05) is 0 Å². The van der Waals surface area contributed by atoms with Crippen molar-refractivity contribution in [2.45, 2.75) is 25.7 Å². The number of Topliss-reactive ketones (excluding diaryl/α,β-unsaturated/α-hetero) is 1. The molecule has 0 radical (unpaired) electrons. The maximum Gasteiger partial charge on any atom is 0.437 e. The molecular formula is C21H19F2N3O4. The SMILES string of the molecule is Cc1c(C(=O)C(N)=O)c2c(n1Cc1ccccc1)C=CC=CC2OC(F)(F)C(N)=O. The van der Waals surface area contributed by atoms with E-state index in [2.05, 4.69) is 4.74 Å². The van der Waals surface area contributed by atoms with E-state index in [1.165, 1.54) is 12.2 Å². The van der Waals surface area contributed by atoms with Gasteiger partial charge in [0, 0.05) is 23.5 Å². The van der Waals surface area contributed by atoms with E-state index in [1.807, 2.05) is 30.3 Å². The second-order valence-corrected chi connectivity index (χ2v) is 6.69. The van der Waals surface area contributed by atoms with Gasteiger partial charge in [0.25, 0.3) is 11.7 Å². The molecule has 0 aliphatic heterocycles. The van der Waals surface area contributed by atoms with E-state index in [0.29, 0.717) is 17.9 Å². The number of allylic oxidation sites excluding steroid dienone is 2. The fraction of sp³-hybridized carbons (Fsp3) is 0.190. The third kappa shape index (κ3) is 3.92. The standard InChI is InChI=1S/C21H19F2N3O4/c1-12-16(18(27)19(24)28)17-14(26(12)11-13-7-3-2-4-8-13)9-5-6-10-15(17)30-21(22,23)20(25)29/h2-10,15H,11H2,1H3,(H2,24,28)(H2,25,29). The third-order valence-electron chi connectivity index (χ3n) is 4.73. The van der Waals surface area contributed by atoms with Gasteiger partial charge in [0.15, 0.2) is 0 Å². The predicted molar refractivity (Wildman–Crippen MR) is 104 cm³/mol. The Morgan fingerprint density at radius 3 is 2.40 bits per heavy atom. The van der Waals surface area contributed by atoms with Gasteiger partial charge < -0.3 is 20.8 Å². The highest BCUT2D eigenvalue weighted by atomic mass is 19.3. The number of carbonyl (C=O) groups is 3. The summed E-state index contributed by atoms with van der Waals surface area (Å²) < 4.78 is 34.3. The van der Waals surface area contributed by atoms with Crippen molar-refractivity contribution in [1.82, 2.24) is 4.57 Å². The molecule has 1 aromatic carbocycles. The number of amides is 2. The number of alkyl halides is 2. The number of fused-ring (bicyclic) bond motifs is 1. The Bertz CT molecular complexity index is 1070. The van der Waals surface area contributed by atoms with E-state index < -0.39 is 29.8 Å². The van der Waals surface area contributed by atoms with Crippen LogP contribution in [0.15, 0.2) is 48.6 Å². The Hall–Kier alpha value is -3.59. The summed E-state index contributed by atoms with van der Waals surface area (Å²) >= 11 is 0. The fourth-order valence-corrected chi connectivity index (χ4v) is 3.36. The lowest BCUT2D eigenvalue weighted by Gasteiger charge is -2.20. The zero-order chi connectivity index (χ0) is 22.1. The summed E-state index contributed by atoms with van der Waals surface area (Å²) in [5.74, 6) is -4.26. The van der Waals surface area contributed by atoms with Crippen LogP contribution in [0.4, 0.5) is 8.78 Å². The molecule has 1 heterocycles. The van der Waals surface area contributed by atoms with E-state index in [0.717, 1.165) is 5.56 Å². The summed E-state index contributed by atoms with van der Waals surface area (Å²) in [5, 5.41) is 0. The molecule has 1 unspecified atom stereocenters. The minimum absolute atomic E-state index is 0.0122. The number of nitrogens with two attached hydrogens (primary N) is 2. The van der Waals surface area contributed by atoms with Crippen LogP contribution in [0, 0.1) is 6.92 Å². The molecule has 0 bridgehead atoms. The second kappa shape index (κ2) is 8.03. The van der Waals surface area contributed by atoms with Crippen molar-refractivity contribution in [2.24, 2.45) is 11.5 Å². The summed E-state index contributed by atoms with van der Waals surface area (Å²) in [6.45, 7) is 1.87. The van der Waals surface area contributed by atoms with E-state index in [-0.39, 0.29) is 11.1 Å². The lowest BCUT2D eigenvalue weighted by Crippen LogP contribution is -2.39. The number of carbonyl (C=O) groups excluding carboxylic acids is 3. The first kappa shape index (κ1) is 21.1. The molecule has 7 nitrogen and oxygen atoms in total. The van der Waals surface area contributed by atoms with Gasteiger partial charge in [-0.3, -0.25) is 14.4 Å². The largest absolute Gasteiger partial charge is 0.437 e. The maximum absolute atomic E-state index is 14.0. The fourth-order valence-electron chi connectivity index (χ4n) is 3.36. The lowest BCUT2D eigenvalue weighted by molar-refractivity contribution is -0.242. The van der Waals surface area contributed by atoms with Crippen molar-refractivity contribution >= 4 is 23.7 Å². The van der Waals surface area contributed by atoms with Crippen molar-refractivity contribution < 1.29 is 27.9 Å². The van der Waals surface area contributed by atoms with Gasteiger partial charge in [-0.1, -0.05) is 48.6 Å². The van der Waals surface area contributed by atoms with Gasteiger partial charge in [-0.2, -0.15) is 8.78 Å². The summed E-state index contributed by atoms with van der Waals surface area (Å²) in [4.78, 5) is 35.3. The van der Waals surface area contributed by atoms with Crippen LogP contribution in [0.2, 0.25) is 0 Å². The molecule has 0 saturated heterocycles. The Kier molecular flexibility index (Phi) is 5.66. The van der Waals surface area contributed by atoms with Gasteiger partial charge >= 0.3 is 12.0 Å². The van der Waals surface area contributed by atoms with Crippen LogP contribution in [0.5, 0.6) is 0 Å². The molecule has 2 amide bonds. The van der Waals surface area contributed by atoms with Gasteiger partial charge in [-0.25, -0.2) is 0 Å². The second-order valence-electron chi connectivity index (χ2n) is 6.69. The van der Waals surface area contributed by atoms with Gasteiger partial charge in [-0.15, -0.1) is 0 Å². The first-order valence-corrected chi connectivity index (χ1v) is 8.95. The molecule has 4 N–H and O–H groups in total. The van der Waals surface area contributed by atoms with Crippen LogP contribution in [0.1, 0.15) is 39.0 Å². The van der Waals surface area contributed by atoms with Crippen molar-refractivity contribution in [1.29, 1.82) is 0 Å². The molecule has 0 spiro atoms. The zero-order valence-corrected chi connectivity index (χ0v) is 16.0. The van der Waals surface area contributed by atoms with Crippen molar-refractivity contribution in [3.05, 3.63) is 76.6 Å². The van der Waals surface area contributed by atoms with E-state index in [4.69, 9.17) is 11.5 Å². The minimum atomic E-state index is -4.29. The Morgan fingerprint density at radius 1 is 1.13 bits per heavy atom. The molecule has 3 rings (SSSR count). The van der Waals surface area contributed by atoms with E-state index >= 15 is 0 Å². The third-order valence-corrected chi connectivity index (χ3v) is 4.73. The highest BCUT2D eigenvalue weighted by Crippen LogP contribution is 2.38. The van der Waals surface area contributed by atoms with Gasteiger partial charge in [-0.05, 0) is 18.6 Å². The molecule has 2 aromatic rings. The molecule has 1 aromatic heterocycles. The number of halogens is 2. The lowest BCUT2D eigenvalue weighted by atomic mass is 9.99. The van der Waals surface area contributed by atoms with Gasteiger partial charge in [0.2, 0.25) is 0 Å². The van der Waals surface area contributed by atoms with Crippen LogP contribution in [-0.2, 0) is 20.9 Å². The molecule has 0 saturated carbocycles. The quantitative estimate of drug-likeness (QED) is 0.533. The number of ether oxygens (including phenoxy) is 1. The number of aromatic nitrogens is 1. The molecular weight excluding hydrogens is 396 g/mol. The smallest absolute Gasteiger partial charge is 0.363 e. The van der Waals surface area contributed by atoms with Gasteiger partial charge in [0.05, 0.1) is 5.56 Å². The summed E-state index contributed by atoms with van der Waals surface area (Å²) in [5.41, 5.74) is 11.4. The number of primary amides is 2. The predicted octanol–water partition coefficient (Wildman–Crippen LogP) is 2.23. The molecule has 30 heavy (non-hydrogen) atoms. The number of nitrogens with zero attached hydrogens (tertiary/aromatic N) is 1. The number of hydrogen-bond donors (Lipinski definition) is 2. The highest BCUT2D eigenvalue weighted by molar-refractivity contribution is 6.43. The van der Waals surface area contributed by atoms with Crippen LogP contribution >= 0.6 is 0 Å². The van der Waals surface area contributed by atoms with Crippen molar-refractivity contribution in [3.63, 3.8) is 0 Å². The molecule has 1 atom stereocenters. The molecule has 0 fully saturated rings. The number of hydrogen-bond acceptors (Lipinski definition) is 4. The maximum atomic E-state index is 14.0. The normalized spacial score (nSPS) is 15.5.